The third-order valence-electron chi connectivity index (χ3n) is 3.65. The van der Waals surface area contributed by atoms with E-state index in [1.165, 1.54) is 0 Å². The number of carbonyl (C=O) groups excluding carboxylic acids is 1. The smallest absolute Gasteiger partial charge is 0.286 e. The maximum Gasteiger partial charge on any atom is 0.286 e. The predicted octanol–water partition coefficient (Wildman–Crippen LogP) is 2.38. The Kier molecular flexibility index (Phi) is 5.08. The number of hydrogen-bond donors (Lipinski definition) is 2. The highest BCUT2D eigenvalue weighted by atomic mass is 16.4. The van der Waals surface area contributed by atoms with Crippen molar-refractivity contribution in [1.29, 1.82) is 0 Å². The van der Waals surface area contributed by atoms with Crippen molar-refractivity contribution in [1.82, 2.24) is 15.1 Å². The zero-order chi connectivity index (χ0) is 16.8. The second kappa shape index (κ2) is 7.61. The molecule has 0 aliphatic carbocycles. The monoisotopic (exact) mass is 325 g/mol. The van der Waals surface area contributed by atoms with Crippen molar-refractivity contribution in [3.8, 4) is 0 Å². The lowest BCUT2D eigenvalue weighted by Crippen LogP contribution is -2.25. The lowest BCUT2D eigenvalue weighted by Gasteiger charge is -2.11. The summed E-state index contributed by atoms with van der Waals surface area (Å²) in [6, 6.07) is 14.6. The molecular weight excluding hydrogens is 306 g/mol. The molecule has 3 rings (SSSR count). The van der Waals surface area contributed by atoms with Gasteiger partial charge in [0.15, 0.2) is 5.76 Å². The van der Waals surface area contributed by atoms with Crippen LogP contribution in [0.2, 0.25) is 0 Å². The van der Waals surface area contributed by atoms with Gasteiger partial charge in [0.2, 0.25) is 0 Å². The number of amides is 1. The molecule has 2 heterocycles. The molecule has 0 aliphatic heterocycles. The number of rotatable bonds is 7. The van der Waals surface area contributed by atoms with Crippen molar-refractivity contribution in [2.45, 2.75) is 19.1 Å². The molecule has 0 radical (unpaired) electrons. The van der Waals surface area contributed by atoms with Crippen LogP contribution in [0.3, 0.4) is 0 Å². The largest absolute Gasteiger partial charge is 0.454 e. The first kappa shape index (κ1) is 16.0. The van der Waals surface area contributed by atoms with E-state index < -0.39 is 6.10 Å². The van der Waals surface area contributed by atoms with Crippen LogP contribution in [0, 0.1) is 0 Å². The molecule has 124 valence electrons. The Morgan fingerprint density at radius 2 is 2.04 bits per heavy atom. The van der Waals surface area contributed by atoms with Gasteiger partial charge in [0.05, 0.1) is 12.6 Å². The fourth-order valence-electron chi connectivity index (χ4n) is 2.39. The van der Waals surface area contributed by atoms with Crippen molar-refractivity contribution in [3.05, 3.63) is 78.0 Å². The van der Waals surface area contributed by atoms with Crippen LogP contribution < -0.4 is 5.32 Å². The number of nitrogens with one attached hydrogen (secondary N) is 1. The molecule has 6 nitrogen and oxygen atoms in total. The molecule has 1 amide bonds. The number of furan rings is 1. The normalized spacial score (nSPS) is 12.0. The van der Waals surface area contributed by atoms with Gasteiger partial charge in [-0.15, -0.1) is 0 Å². The molecule has 0 saturated carbocycles. The van der Waals surface area contributed by atoms with E-state index in [1.54, 1.807) is 23.0 Å². The predicted molar refractivity (Wildman–Crippen MR) is 88.4 cm³/mol. The first-order chi connectivity index (χ1) is 11.7. The highest BCUT2D eigenvalue weighted by molar-refractivity contribution is 5.91. The topological polar surface area (TPSA) is 80.3 Å². The second-order valence-corrected chi connectivity index (χ2v) is 5.44. The summed E-state index contributed by atoms with van der Waals surface area (Å²) in [6.07, 6.45) is 3.36. The number of aromatic nitrogens is 2. The van der Waals surface area contributed by atoms with Crippen LogP contribution in [0.4, 0.5) is 0 Å². The Balaban J connectivity index is 1.48. The van der Waals surface area contributed by atoms with Gasteiger partial charge in [0, 0.05) is 18.9 Å². The van der Waals surface area contributed by atoms with E-state index in [1.807, 2.05) is 42.6 Å². The summed E-state index contributed by atoms with van der Waals surface area (Å²) in [6.45, 7) is 0.844. The minimum atomic E-state index is -0.599. The van der Waals surface area contributed by atoms with E-state index in [-0.39, 0.29) is 11.7 Å². The number of carbonyl (C=O) groups is 1. The summed E-state index contributed by atoms with van der Waals surface area (Å²) in [5.41, 5.74) is 0.839. The lowest BCUT2D eigenvalue weighted by molar-refractivity contribution is 0.0913. The molecule has 2 N–H and O–H groups in total. The maximum absolute atomic E-state index is 12.1. The highest BCUT2D eigenvalue weighted by Crippen LogP contribution is 2.15. The Morgan fingerprint density at radius 1 is 1.21 bits per heavy atom. The van der Waals surface area contributed by atoms with E-state index in [2.05, 4.69) is 10.4 Å². The number of aliphatic hydroxyl groups is 1. The van der Waals surface area contributed by atoms with Gasteiger partial charge in [-0.3, -0.25) is 9.48 Å². The van der Waals surface area contributed by atoms with Gasteiger partial charge in [-0.1, -0.05) is 30.3 Å². The average molecular weight is 325 g/mol. The Hall–Kier alpha value is -2.86. The molecule has 3 aromatic rings. The molecule has 0 fully saturated rings. The van der Waals surface area contributed by atoms with Crippen molar-refractivity contribution < 1.29 is 14.3 Å². The molecular formula is C18H19N3O3. The fraction of sp³-hybridized carbons (Fsp3) is 0.222. The van der Waals surface area contributed by atoms with Crippen molar-refractivity contribution in [2.24, 2.45) is 0 Å². The first-order valence-electron chi connectivity index (χ1n) is 7.80. The summed E-state index contributed by atoms with van der Waals surface area (Å²) in [5.74, 6) is 0.626. The molecule has 0 aliphatic rings. The third kappa shape index (κ3) is 4.11. The van der Waals surface area contributed by atoms with Crippen molar-refractivity contribution in [3.63, 3.8) is 0 Å². The lowest BCUT2D eigenvalue weighted by atomic mass is 10.1. The standard InChI is InChI=1S/C18H19N3O3/c22-16(14-5-2-1-3-6-14)9-11-19-18(23)17-8-7-15(24-17)13-21-12-4-10-20-21/h1-8,10,12,16,22H,9,11,13H2,(H,19,23)/t16-/m0/s1. The van der Waals surface area contributed by atoms with E-state index >= 15 is 0 Å². The van der Waals surface area contributed by atoms with Crippen molar-refractivity contribution >= 4 is 5.91 Å². The second-order valence-electron chi connectivity index (χ2n) is 5.44. The maximum atomic E-state index is 12.1. The zero-order valence-corrected chi connectivity index (χ0v) is 13.1. The molecule has 0 bridgehead atoms. The number of benzene rings is 1. The quantitative estimate of drug-likeness (QED) is 0.699. The highest BCUT2D eigenvalue weighted by Gasteiger charge is 2.12. The molecule has 0 saturated heterocycles. The zero-order valence-electron chi connectivity index (χ0n) is 13.1. The van der Waals surface area contributed by atoms with Crippen LogP contribution in [0.1, 0.15) is 34.4 Å². The summed E-state index contributed by atoms with van der Waals surface area (Å²) in [5, 5.41) is 16.9. The van der Waals surface area contributed by atoms with Crippen LogP contribution in [0.25, 0.3) is 0 Å². The molecule has 2 aromatic heterocycles. The van der Waals surface area contributed by atoms with Crippen LogP contribution in [-0.4, -0.2) is 27.3 Å². The van der Waals surface area contributed by atoms with Crippen LogP contribution in [0.15, 0.2) is 65.3 Å². The number of aliphatic hydroxyl groups excluding tert-OH is 1. The van der Waals surface area contributed by atoms with E-state index in [0.29, 0.717) is 25.3 Å². The molecule has 6 heteroatoms. The van der Waals surface area contributed by atoms with Gasteiger partial charge in [-0.2, -0.15) is 5.10 Å². The summed E-state index contributed by atoms with van der Waals surface area (Å²) in [4.78, 5) is 12.1. The number of hydrogen-bond acceptors (Lipinski definition) is 4. The molecule has 1 aromatic carbocycles. The Labute approximate surface area is 139 Å². The Bertz CT molecular complexity index is 766. The summed E-state index contributed by atoms with van der Waals surface area (Å²) < 4.78 is 7.24. The molecule has 24 heavy (non-hydrogen) atoms. The van der Waals surface area contributed by atoms with E-state index in [0.717, 1.165) is 5.56 Å². The van der Waals surface area contributed by atoms with E-state index in [4.69, 9.17) is 4.42 Å². The number of nitrogens with zero attached hydrogens (tertiary/aromatic N) is 2. The van der Waals surface area contributed by atoms with Gasteiger partial charge in [0.1, 0.15) is 5.76 Å². The van der Waals surface area contributed by atoms with E-state index in [9.17, 15) is 9.90 Å². The molecule has 0 unspecified atom stereocenters. The van der Waals surface area contributed by atoms with Gasteiger partial charge < -0.3 is 14.8 Å². The van der Waals surface area contributed by atoms with Gasteiger partial charge in [-0.05, 0) is 30.2 Å². The minimum Gasteiger partial charge on any atom is -0.454 e. The molecule has 0 spiro atoms. The van der Waals surface area contributed by atoms with Crippen LogP contribution in [-0.2, 0) is 6.54 Å². The minimum absolute atomic E-state index is 0.256. The fourth-order valence-corrected chi connectivity index (χ4v) is 2.39. The first-order valence-corrected chi connectivity index (χ1v) is 7.80. The van der Waals surface area contributed by atoms with Gasteiger partial charge >= 0.3 is 0 Å². The summed E-state index contributed by atoms with van der Waals surface area (Å²) >= 11 is 0. The van der Waals surface area contributed by atoms with Gasteiger partial charge in [0.25, 0.3) is 5.91 Å². The Morgan fingerprint density at radius 3 is 2.79 bits per heavy atom. The summed E-state index contributed by atoms with van der Waals surface area (Å²) in [7, 11) is 0. The SMILES string of the molecule is O=C(NCC[C@H](O)c1ccccc1)c1ccc(Cn2cccn2)o1. The third-order valence-corrected chi connectivity index (χ3v) is 3.65. The molecule has 1 atom stereocenters. The average Bonchev–Trinajstić information content (AvgIpc) is 3.28. The van der Waals surface area contributed by atoms with Crippen LogP contribution >= 0.6 is 0 Å². The van der Waals surface area contributed by atoms with Gasteiger partial charge in [-0.25, -0.2) is 0 Å². The van der Waals surface area contributed by atoms with Crippen LogP contribution in [0.5, 0.6) is 0 Å². The van der Waals surface area contributed by atoms with Crippen molar-refractivity contribution in [2.75, 3.05) is 6.54 Å².